The Balaban J connectivity index is 1.23. The number of para-hydroxylation sites is 1. The number of rotatable bonds is 15. The van der Waals surface area contributed by atoms with Gasteiger partial charge in [0.15, 0.2) is 11.5 Å². The third-order valence-corrected chi connectivity index (χ3v) is 9.04. The predicted molar refractivity (Wildman–Crippen MR) is 191 cm³/mol. The fraction of sp³-hybridized carbons (Fsp3) is 0.368. The molecule has 0 radical (unpaired) electrons. The van der Waals surface area contributed by atoms with Crippen LogP contribution in [0.15, 0.2) is 59.5 Å². The van der Waals surface area contributed by atoms with E-state index in [1.54, 1.807) is 39.7 Å². The molecule has 5 N–H and O–H groups in total. The number of aromatic amines is 1. The number of H-pyrrole nitrogens is 1. The van der Waals surface area contributed by atoms with Crippen molar-refractivity contribution in [3.63, 3.8) is 0 Å². The molecule has 2 atom stereocenters. The number of unbranched alkanes of at least 4 members (excludes halogenated alkanes) is 2. The maximum Gasteiger partial charge on any atom is 0.326 e. The van der Waals surface area contributed by atoms with Crippen LogP contribution in [0.5, 0.6) is 17.2 Å². The van der Waals surface area contributed by atoms with Gasteiger partial charge in [-0.1, -0.05) is 30.7 Å². The van der Waals surface area contributed by atoms with Gasteiger partial charge < -0.3 is 40.3 Å². The zero-order valence-corrected chi connectivity index (χ0v) is 28.8. The van der Waals surface area contributed by atoms with E-state index in [1.807, 2.05) is 36.4 Å². The summed E-state index contributed by atoms with van der Waals surface area (Å²) in [5, 5.41) is 19.6. The number of hydrogen-bond donors (Lipinski definition) is 5. The maximum atomic E-state index is 13.5. The fourth-order valence-electron chi connectivity index (χ4n) is 6.65. The number of nitrogens with one attached hydrogen (secondary N) is 4. The lowest BCUT2D eigenvalue weighted by molar-refractivity contribution is -0.141. The first-order valence-corrected chi connectivity index (χ1v) is 16.7. The number of carboxylic acid groups (broad SMARTS) is 1. The minimum Gasteiger partial charge on any atom is -0.493 e. The van der Waals surface area contributed by atoms with Crippen LogP contribution in [0.1, 0.15) is 61.8 Å². The topological polar surface area (TPSA) is 168 Å². The number of amides is 2. The second-order valence-corrected chi connectivity index (χ2v) is 12.4. The Bertz CT molecular complexity index is 1940. The van der Waals surface area contributed by atoms with Crippen molar-refractivity contribution in [2.24, 2.45) is 0 Å². The number of carbonyl (C=O) groups excluding carboxylic acids is 2. The first-order chi connectivity index (χ1) is 24.1. The van der Waals surface area contributed by atoms with Crippen LogP contribution in [0.2, 0.25) is 0 Å². The summed E-state index contributed by atoms with van der Waals surface area (Å²) in [5.74, 6) is -0.156. The number of carbonyl (C=O) groups is 3. The van der Waals surface area contributed by atoms with Gasteiger partial charge in [0, 0.05) is 49.0 Å². The summed E-state index contributed by atoms with van der Waals surface area (Å²) in [7, 11) is 4.66. The van der Waals surface area contributed by atoms with Gasteiger partial charge in [0.05, 0.1) is 33.1 Å². The third kappa shape index (κ3) is 8.02. The second kappa shape index (κ2) is 16.3. The zero-order chi connectivity index (χ0) is 35.8. The van der Waals surface area contributed by atoms with Crippen molar-refractivity contribution >= 4 is 34.4 Å². The lowest BCUT2D eigenvalue weighted by atomic mass is 9.95. The lowest BCUT2D eigenvalue weighted by Gasteiger charge is -2.19. The lowest BCUT2D eigenvalue weighted by Crippen LogP contribution is -2.42. The molecular formula is C38H44N4O8. The van der Waals surface area contributed by atoms with E-state index in [-0.39, 0.29) is 30.1 Å². The minimum absolute atomic E-state index is 0.177. The van der Waals surface area contributed by atoms with Crippen LogP contribution in [0.3, 0.4) is 0 Å². The number of anilines is 1. The average molecular weight is 685 g/mol. The van der Waals surface area contributed by atoms with E-state index in [0.717, 1.165) is 33.2 Å². The quantitative estimate of drug-likeness (QED) is 0.107. The second-order valence-electron chi connectivity index (χ2n) is 12.4. The molecule has 12 heteroatoms. The van der Waals surface area contributed by atoms with Crippen molar-refractivity contribution in [2.45, 2.75) is 64.0 Å². The Morgan fingerprint density at radius 3 is 2.48 bits per heavy atom. The summed E-state index contributed by atoms with van der Waals surface area (Å²) >= 11 is 0. The van der Waals surface area contributed by atoms with Crippen molar-refractivity contribution in [1.29, 1.82) is 0 Å². The van der Waals surface area contributed by atoms with E-state index >= 15 is 0 Å². The van der Waals surface area contributed by atoms with Crippen molar-refractivity contribution in [3.05, 3.63) is 81.6 Å². The largest absolute Gasteiger partial charge is 0.493 e. The fourth-order valence-corrected chi connectivity index (χ4v) is 6.65. The van der Waals surface area contributed by atoms with Gasteiger partial charge in [-0.05, 0) is 72.2 Å². The normalized spacial score (nSPS) is 14.0. The van der Waals surface area contributed by atoms with E-state index in [0.29, 0.717) is 67.1 Å². The predicted octanol–water partition coefficient (Wildman–Crippen LogP) is 5.13. The Morgan fingerprint density at radius 1 is 0.980 bits per heavy atom. The summed E-state index contributed by atoms with van der Waals surface area (Å²) in [5.41, 5.74) is 5.07. The van der Waals surface area contributed by atoms with Gasteiger partial charge in [0.1, 0.15) is 6.04 Å². The Kier molecular flexibility index (Phi) is 11.6. The number of methoxy groups -OCH3 is 3. The van der Waals surface area contributed by atoms with Gasteiger partial charge in [0.25, 0.3) is 0 Å². The third-order valence-electron chi connectivity index (χ3n) is 9.04. The van der Waals surface area contributed by atoms with Gasteiger partial charge in [-0.25, -0.2) is 4.79 Å². The molecule has 1 aromatic heterocycles. The first-order valence-electron chi connectivity index (χ1n) is 16.7. The highest BCUT2D eigenvalue weighted by atomic mass is 16.5. The Morgan fingerprint density at radius 2 is 1.76 bits per heavy atom. The monoisotopic (exact) mass is 684 g/mol. The van der Waals surface area contributed by atoms with Gasteiger partial charge in [-0.15, -0.1) is 0 Å². The number of fused-ring (bicyclic) bond motifs is 4. The molecule has 1 aliphatic rings. The van der Waals surface area contributed by atoms with Crippen molar-refractivity contribution < 1.29 is 33.7 Å². The minimum atomic E-state index is -1.08. The number of aryl methyl sites for hydroxylation is 1. The molecule has 0 bridgehead atoms. The SMILES string of the molecule is COc1cc2c(c(OC)c1OC)-c1ccc(NCCCCCC(=O)NC(Cc3c[nH]c4ccccc34)C(=O)O)c(=O)cc1C(NC(C)=O)CC2. The molecule has 0 aliphatic heterocycles. The molecule has 5 rings (SSSR count). The molecule has 3 aromatic carbocycles. The molecule has 2 amide bonds. The van der Waals surface area contributed by atoms with Crippen molar-refractivity contribution in [2.75, 3.05) is 33.2 Å². The summed E-state index contributed by atoms with van der Waals surface area (Å²) in [4.78, 5) is 53.4. The van der Waals surface area contributed by atoms with E-state index in [9.17, 15) is 24.3 Å². The van der Waals surface area contributed by atoms with E-state index in [4.69, 9.17) is 14.2 Å². The molecular weight excluding hydrogens is 640 g/mol. The first kappa shape index (κ1) is 35.8. The van der Waals surface area contributed by atoms with Crippen LogP contribution >= 0.6 is 0 Å². The standard InChI is InChI=1S/C38H44N4O8/c1-22(43)41-29-15-13-23-19-33(48-2)36(49-3)37(50-4)35(23)26-14-16-30(32(44)20-27(26)29)39-17-9-5-6-12-34(45)42-31(38(46)47)18-24-21-40-28-11-8-7-10-25(24)28/h7-8,10-11,14,16,19-21,29,31,40H,5-6,9,12-13,15,17-18H2,1-4H3,(H,39,44)(H,41,43)(H,42,45)(H,46,47). The van der Waals surface area contributed by atoms with Crippen LogP contribution in [0.25, 0.3) is 22.0 Å². The molecule has 50 heavy (non-hydrogen) atoms. The number of benzene rings is 2. The van der Waals surface area contributed by atoms with Crippen molar-refractivity contribution in [1.82, 2.24) is 15.6 Å². The molecule has 4 aromatic rings. The number of ether oxygens (including phenoxy) is 3. The molecule has 0 saturated carbocycles. The highest BCUT2D eigenvalue weighted by Gasteiger charge is 2.29. The number of hydrogen-bond acceptors (Lipinski definition) is 8. The highest BCUT2D eigenvalue weighted by Crippen LogP contribution is 2.50. The summed E-state index contributed by atoms with van der Waals surface area (Å²) in [6.45, 7) is 1.95. The zero-order valence-electron chi connectivity index (χ0n) is 28.8. The van der Waals surface area contributed by atoms with Gasteiger partial charge in [0.2, 0.25) is 23.0 Å². The van der Waals surface area contributed by atoms with Crippen molar-refractivity contribution in [3.8, 4) is 28.4 Å². The molecule has 0 fully saturated rings. The van der Waals surface area contributed by atoms with Gasteiger partial charge in [-0.3, -0.25) is 14.4 Å². The summed E-state index contributed by atoms with van der Waals surface area (Å²) in [6, 6.07) is 13.3. The number of carboxylic acids is 1. The molecule has 1 aliphatic carbocycles. The molecule has 1 heterocycles. The van der Waals surface area contributed by atoms with E-state index in [1.165, 1.54) is 6.92 Å². The van der Waals surface area contributed by atoms with Crippen LogP contribution in [-0.2, 0) is 27.2 Å². The van der Waals surface area contributed by atoms with Crippen LogP contribution in [0, 0.1) is 0 Å². The van der Waals surface area contributed by atoms with Crippen LogP contribution in [-0.4, -0.2) is 61.8 Å². The summed E-state index contributed by atoms with van der Waals surface area (Å²) in [6.07, 6.45) is 5.26. The van der Waals surface area contributed by atoms with E-state index < -0.39 is 18.1 Å². The Hall–Kier alpha value is -5.52. The highest BCUT2D eigenvalue weighted by molar-refractivity contribution is 5.87. The molecule has 264 valence electrons. The molecule has 0 spiro atoms. The summed E-state index contributed by atoms with van der Waals surface area (Å²) < 4.78 is 17.1. The molecule has 12 nitrogen and oxygen atoms in total. The average Bonchev–Trinajstić information content (AvgIpc) is 3.36. The number of aromatic nitrogens is 1. The molecule has 0 saturated heterocycles. The number of aliphatic carboxylic acids is 1. The maximum absolute atomic E-state index is 13.5. The van der Waals surface area contributed by atoms with Crippen LogP contribution in [0.4, 0.5) is 5.69 Å². The van der Waals surface area contributed by atoms with Crippen LogP contribution < -0.4 is 35.6 Å². The van der Waals surface area contributed by atoms with Gasteiger partial charge in [-0.2, -0.15) is 0 Å². The van der Waals surface area contributed by atoms with E-state index in [2.05, 4.69) is 20.9 Å². The smallest absolute Gasteiger partial charge is 0.326 e. The Labute approximate surface area is 290 Å². The molecule has 2 unspecified atom stereocenters. The van der Waals surface area contributed by atoms with Gasteiger partial charge >= 0.3 is 5.97 Å².